The van der Waals surface area contributed by atoms with E-state index >= 15 is 0 Å². The topological polar surface area (TPSA) is 70.6 Å². The summed E-state index contributed by atoms with van der Waals surface area (Å²) in [6, 6.07) is 11.0. The molecule has 138 valence electrons. The maximum absolute atomic E-state index is 12.8. The van der Waals surface area contributed by atoms with Crippen molar-refractivity contribution >= 4 is 15.9 Å². The van der Waals surface area contributed by atoms with E-state index in [1.165, 1.54) is 4.31 Å². The van der Waals surface area contributed by atoms with Gasteiger partial charge in [0.25, 0.3) is 5.91 Å². The van der Waals surface area contributed by atoms with Crippen LogP contribution in [0, 0.1) is 6.92 Å². The van der Waals surface area contributed by atoms with Crippen LogP contribution in [0.2, 0.25) is 0 Å². The fourth-order valence-electron chi connectivity index (χ4n) is 3.11. The Kier molecular flexibility index (Phi) is 5.68. The van der Waals surface area contributed by atoms with Gasteiger partial charge in [-0.1, -0.05) is 24.3 Å². The average Bonchev–Trinajstić information content (AvgIpc) is 2.90. The largest absolute Gasteiger partial charge is 0.337 e. The van der Waals surface area contributed by atoms with Gasteiger partial charge in [-0.05, 0) is 36.6 Å². The highest BCUT2D eigenvalue weighted by Crippen LogP contribution is 2.17. The highest BCUT2D eigenvalue weighted by atomic mass is 32.2. The molecule has 1 aliphatic rings. The Labute approximate surface area is 154 Å². The summed E-state index contributed by atoms with van der Waals surface area (Å²) in [5, 5.41) is 0. The molecule has 1 aromatic carbocycles. The Hall–Kier alpha value is -2.25. The van der Waals surface area contributed by atoms with E-state index < -0.39 is 10.0 Å². The lowest BCUT2D eigenvalue weighted by atomic mass is 10.1. The summed E-state index contributed by atoms with van der Waals surface area (Å²) in [5.74, 6) is -0.104. The number of nitrogens with zero attached hydrogens (tertiary/aromatic N) is 3. The van der Waals surface area contributed by atoms with Crippen molar-refractivity contribution in [3.05, 3.63) is 65.5 Å². The molecule has 1 fully saturated rings. The summed E-state index contributed by atoms with van der Waals surface area (Å²) in [7, 11) is -3.41. The predicted molar refractivity (Wildman–Crippen MR) is 100 cm³/mol. The number of carbonyl (C=O) groups is 1. The van der Waals surface area contributed by atoms with Gasteiger partial charge in [0.05, 0.1) is 11.3 Å². The number of benzene rings is 1. The molecule has 0 radical (unpaired) electrons. The van der Waals surface area contributed by atoms with Crippen LogP contribution in [-0.2, 0) is 15.8 Å². The monoisotopic (exact) mass is 373 g/mol. The van der Waals surface area contributed by atoms with Gasteiger partial charge in [0.1, 0.15) is 0 Å². The van der Waals surface area contributed by atoms with Crippen LogP contribution in [0.15, 0.2) is 48.8 Å². The van der Waals surface area contributed by atoms with E-state index in [1.807, 2.05) is 31.2 Å². The summed E-state index contributed by atoms with van der Waals surface area (Å²) in [4.78, 5) is 18.3. The second kappa shape index (κ2) is 7.97. The molecule has 1 aliphatic heterocycles. The average molecular weight is 373 g/mol. The normalized spacial score (nSPS) is 16.3. The molecule has 0 saturated carbocycles. The quantitative estimate of drug-likeness (QED) is 0.823. The summed E-state index contributed by atoms with van der Waals surface area (Å²) in [5.41, 5.74) is 2.32. The molecular formula is C19H23N3O3S. The number of rotatable bonds is 4. The number of hydrogen-bond donors (Lipinski definition) is 0. The van der Waals surface area contributed by atoms with Crippen molar-refractivity contribution in [3.8, 4) is 0 Å². The maximum Gasteiger partial charge on any atom is 0.255 e. The molecular weight excluding hydrogens is 350 g/mol. The van der Waals surface area contributed by atoms with Gasteiger partial charge >= 0.3 is 0 Å². The first-order valence-electron chi connectivity index (χ1n) is 8.69. The zero-order valence-electron chi connectivity index (χ0n) is 14.8. The first-order valence-corrected chi connectivity index (χ1v) is 10.3. The van der Waals surface area contributed by atoms with Gasteiger partial charge in [-0.2, -0.15) is 4.31 Å². The van der Waals surface area contributed by atoms with Gasteiger partial charge in [0, 0.05) is 38.6 Å². The number of amides is 1. The molecule has 0 unspecified atom stereocenters. The minimum Gasteiger partial charge on any atom is -0.337 e. The summed E-state index contributed by atoms with van der Waals surface area (Å²) in [6.07, 6.45) is 3.79. The number of carbonyl (C=O) groups excluding carboxylic acids is 1. The molecule has 0 spiro atoms. The minimum atomic E-state index is -3.41. The lowest BCUT2D eigenvalue weighted by molar-refractivity contribution is 0.0764. The van der Waals surface area contributed by atoms with E-state index in [4.69, 9.17) is 0 Å². The molecule has 2 aromatic rings. The smallest absolute Gasteiger partial charge is 0.255 e. The van der Waals surface area contributed by atoms with Crippen molar-refractivity contribution in [3.63, 3.8) is 0 Å². The summed E-state index contributed by atoms with van der Waals surface area (Å²) < 4.78 is 27.1. The number of aromatic nitrogens is 1. The van der Waals surface area contributed by atoms with Crippen LogP contribution in [0.3, 0.4) is 0 Å². The van der Waals surface area contributed by atoms with Gasteiger partial charge < -0.3 is 4.90 Å². The number of aryl methyl sites for hydroxylation is 1. The molecule has 0 bridgehead atoms. The van der Waals surface area contributed by atoms with Crippen LogP contribution in [0.1, 0.15) is 27.9 Å². The third-order valence-corrected chi connectivity index (χ3v) is 6.47. The van der Waals surface area contributed by atoms with Crippen molar-refractivity contribution in [2.45, 2.75) is 19.1 Å². The predicted octanol–water partition coefficient (Wildman–Crippen LogP) is 2.07. The van der Waals surface area contributed by atoms with Crippen molar-refractivity contribution in [2.24, 2.45) is 0 Å². The number of sulfonamides is 1. The second-order valence-corrected chi connectivity index (χ2v) is 8.44. The highest BCUT2D eigenvalue weighted by Gasteiger charge is 2.27. The van der Waals surface area contributed by atoms with Crippen LogP contribution >= 0.6 is 0 Å². The van der Waals surface area contributed by atoms with E-state index in [1.54, 1.807) is 29.4 Å². The van der Waals surface area contributed by atoms with Crippen LogP contribution in [0.4, 0.5) is 0 Å². The standard InChI is InChI=1S/C19H23N3O3S/c1-16-6-2-3-7-18(16)15-26(24,25)22-11-5-10-21(12-13-22)19(23)17-8-4-9-20-14-17/h2-4,6-9,14H,5,10-13,15H2,1H3. The van der Waals surface area contributed by atoms with Crippen molar-refractivity contribution in [2.75, 3.05) is 26.2 Å². The Balaban J connectivity index is 1.68. The fourth-order valence-corrected chi connectivity index (χ4v) is 4.77. The zero-order chi connectivity index (χ0) is 18.6. The molecule has 0 N–H and O–H groups in total. The van der Waals surface area contributed by atoms with E-state index in [0.717, 1.165) is 11.1 Å². The molecule has 1 saturated heterocycles. The van der Waals surface area contributed by atoms with Gasteiger partial charge in [0.15, 0.2) is 0 Å². The third kappa shape index (κ3) is 4.28. The van der Waals surface area contributed by atoms with Crippen LogP contribution in [0.5, 0.6) is 0 Å². The van der Waals surface area contributed by atoms with Crippen LogP contribution < -0.4 is 0 Å². The van der Waals surface area contributed by atoms with Gasteiger partial charge in [-0.15, -0.1) is 0 Å². The molecule has 6 nitrogen and oxygen atoms in total. The lowest BCUT2D eigenvalue weighted by Crippen LogP contribution is -2.37. The summed E-state index contributed by atoms with van der Waals surface area (Å²) >= 11 is 0. The molecule has 0 aliphatic carbocycles. The van der Waals surface area contributed by atoms with Crippen molar-refractivity contribution < 1.29 is 13.2 Å². The molecule has 1 aromatic heterocycles. The highest BCUT2D eigenvalue weighted by molar-refractivity contribution is 7.88. The first kappa shape index (κ1) is 18.5. The van der Waals surface area contributed by atoms with Gasteiger partial charge in [-0.3, -0.25) is 9.78 Å². The number of pyridine rings is 1. The van der Waals surface area contributed by atoms with E-state index in [9.17, 15) is 13.2 Å². The van der Waals surface area contributed by atoms with Crippen LogP contribution in [0.25, 0.3) is 0 Å². The maximum atomic E-state index is 12.8. The number of hydrogen-bond acceptors (Lipinski definition) is 4. The summed E-state index contributed by atoms with van der Waals surface area (Å²) in [6.45, 7) is 3.61. The lowest BCUT2D eigenvalue weighted by Gasteiger charge is -2.22. The Bertz CT molecular complexity index is 869. The molecule has 1 amide bonds. The van der Waals surface area contributed by atoms with Crippen molar-refractivity contribution in [1.82, 2.24) is 14.2 Å². The minimum absolute atomic E-state index is 0.00375. The molecule has 26 heavy (non-hydrogen) atoms. The molecule has 3 rings (SSSR count). The van der Waals surface area contributed by atoms with Crippen LogP contribution in [-0.4, -0.2) is 54.7 Å². The Morgan fingerprint density at radius 2 is 1.88 bits per heavy atom. The molecule has 0 atom stereocenters. The van der Waals surface area contributed by atoms with E-state index in [-0.39, 0.29) is 11.7 Å². The SMILES string of the molecule is Cc1ccccc1CS(=O)(=O)N1CCCN(C(=O)c2cccnc2)CC1. The fraction of sp³-hybridized carbons (Fsp3) is 0.368. The van der Waals surface area contributed by atoms with E-state index in [2.05, 4.69) is 4.98 Å². The van der Waals surface area contributed by atoms with Gasteiger partial charge in [-0.25, -0.2) is 8.42 Å². The zero-order valence-corrected chi connectivity index (χ0v) is 15.7. The Morgan fingerprint density at radius 1 is 1.08 bits per heavy atom. The first-order chi connectivity index (χ1) is 12.5. The Morgan fingerprint density at radius 3 is 2.62 bits per heavy atom. The molecule has 2 heterocycles. The van der Waals surface area contributed by atoms with Crippen molar-refractivity contribution in [1.29, 1.82) is 0 Å². The van der Waals surface area contributed by atoms with Gasteiger partial charge in [0.2, 0.25) is 10.0 Å². The second-order valence-electron chi connectivity index (χ2n) is 6.47. The molecule has 7 heteroatoms. The third-order valence-electron chi connectivity index (χ3n) is 4.64. The van der Waals surface area contributed by atoms with E-state index in [0.29, 0.717) is 38.2 Å².